The van der Waals surface area contributed by atoms with Crippen molar-refractivity contribution >= 4 is 21.6 Å². The van der Waals surface area contributed by atoms with Gasteiger partial charge in [0.15, 0.2) is 11.6 Å². The Morgan fingerprint density at radius 2 is 1.93 bits per heavy atom. The third-order valence-electron chi connectivity index (χ3n) is 4.47. The first-order valence-corrected chi connectivity index (χ1v) is 10.6. The number of aryl methyl sites for hydroxylation is 1. The van der Waals surface area contributed by atoms with Crippen molar-refractivity contribution in [2.45, 2.75) is 25.3 Å². The van der Waals surface area contributed by atoms with Crippen LogP contribution >= 0.6 is 0 Å². The number of amides is 1. The Morgan fingerprint density at radius 1 is 1.21 bits per heavy atom. The van der Waals surface area contributed by atoms with Gasteiger partial charge < -0.3 is 10.1 Å². The van der Waals surface area contributed by atoms with Gasteiger partial charge in [-0.1, -0.05) is 19.1 Å². The second kappa shape index (κ2) is 9.82. The molecule has 0 saturated heterocycles. The lowest BCUT2D eigenvalue weighted by atomic mass is 10.2. The zero-order chi connectivity index (χ0) is 21.6. The van der Waals surface area contributed by atoms with Crippen LogP contribution in [0.5, 0.6) is 5.75 Å². The summed E-state index contributed by atoms with van der Waals surface area (Å²) in [6.45, 7) is 4.62. The Morgan fingerprint density at radius 3 is 2.52 bits per heavy atom. The number of halogens is 1. The smallest absolute Gasteiger partial charge is 0.240 e. The molecule has 158 valence electrons. The van der Waals surface area contributed by atoms with E-state index in [0.717, 1.165) is 5.56 Å². The number of benzene rings is 2. The molecule has 2 rings (SSSR count). The molecule has 0 atom stereocenters. The first-order valence-electron chi connectivity index (χ1n) is 9.09. The van der Waals surface area contributed by atoms with Gasteiger partial charge in [0.05, 0.1) is 18.6 Å². The van der Waals surface area contributed by atoms with Crippen LogP contribution in [0.1, 0.15) is 18.1 Å². The number of nitrogens with zero attached hydrogens (tertiary/aromatic N) is 1. The van der Waals surface area contributed by atoms with Gasteiger partial charge in [-0.3, -0.25) is 9.69 Å². The lowest BCUT2D eigenvalue weighted by molar-refractivity contribution is -0.117. The highest BCUT2D eigenvalue weighted by atomic mass is 32.2. The van der Waals surface area contributed by atoms with Gasteiger partial charge in [0.1, 0.15) is 0 Å². The van der Waals surface area contributed by atoms with E-state index in [1.165, 1.54) is 26.3 Å². The van der Waals surface area contributed by atoms with E-state index in [0.29, 0.717) is 24.3 Å². The Bertz CT molecular complexity index is 980. The van der Waals surface area contributed by atoms with Crippen LogP contribution in [-0.2, 0) is 21.4 Å². The molecule has 2 aromatic rings. The van der Waals surface area contributed by atoms with Gasteiger partial charge in [-0.2, -0.15) is 0 Å². The molecule has 2 N–H and O–H groups in total. The van der Waals surface area contributed by atoms with Gasteiger partial charge in [-0.25, -0.2) is 17.5 Å². The topological polar surface area (TPSA) is 87.7 Å². The zero-order valence-electron chi connectivity index (χ0n) is 17.0. The quantitative estimate of drug-likeness (QED) is 0.647. The molecule has 0 radical (unpaired) electrons. The summed E-state index contributed by atoms with van der Waals surface area (Å²) in [6.07, 6.45) is 0. The fourth-order valence-electron chi connectivity index (χ4n) is 2.83. The van der Waals surface area contributed by atoms with Crippen molar-refractivity contribution in [2.75, 3.05) is 32.6 Å². The molecule has 0 unspecified atom stereocenters. The normalized spacial score (nSPS) is 11.5. The third-order valence-corrected chi connectivity index (χ3v) is 6.02. The van der Waals surface area contributed by atoms with Crippen LogP contribution in [0.2, 0.25) is 0 Å². The van der Waals surface area contributed by atoms with E-state index >= 15 is 0 Å². The van der Waals surface area contributed by atoms with Crippen molar-refractivity contribution in [2.24, 2.45) is 0 Å². The van der Waals surface area contributed by atoms with Gasteiger partial charge >= 0.3 is 0 Å². The number of sulfonamides is 1. The average molecular weight is 424 g/mol. The Hall–Kier alpha value is -2.49. The number of rotatable bonds is 9. The van der Waals surface area contributed by atoms with Crippen LogP contribution in [0.3, 0.4) is 0 Å². The summed E-state index contributed by atoms with van der Waals surface area (Å²) < 4.78 is 45.2. The van der Waals surface area contributed by atoms with Crippen molar-refractivity contribution in [1.82, 2.24) is 9.62 Å². The lowest BCUT2D eigenvalue weighted by Crippen LogP contribution is -2.32. The Kier molecular flexibility index (Phi) is 7.72. The maximum Gasteiger partial charge on any atom is 0.240 e. The molecule has 0 aliphatic rings. The predicted octanol–water partition coefficient (Wildman–Crippen LogP) is 2.51. The van der Waals surface area contributed by atoms with E-state index in [2.05, 4.69) is 10.0 Å². The molecule has 2 aromatic carbocycles. The maximum atomic E-state index is 13.9. The molecule has 0 aliphatic carbocycles. The number of hydrogen-bond acceptors (Lipinski definition) is 5. The van der Waals surface area contributed by atoms with E-state index < -0.39 is 15.8 Å². The molecule has 29 heavy (non-hydrogen) atoms. The Balaban J connectivity index is 2.07. The minimum Gasteiger partial charge on any atom is -0.494 e. The second-order valence-corrected chi connectivity index (χ2v) is 8.36. The van der Waals surface area contributed by atoms with Gasteiger partial charge in [0, 0.05) is 12.2 Å². The highest BCUT2D eigenvalue weighted by Crippen LogP contribution is 2.21. The number of ether oxygens (including phenoxy) is 1. The number of carbonyl (C=O) groups is 1. The number of anilines is 1. The highest BCUT2D eigenvalue weighted by molar-refractivity contribution is 7.89. The van der Waals surface area contributed by atoms with Crippen LogP contribution in [0.25, 0.3) is 0 Å². The number of nitrogens with one attached hydrogen (secondary N) is 2. The van der Waals surface area contributed by atoms with E-state index in [4.69, 9.17) is 4.74 Å². The van der Waals surface area contributed by atoms with Crippen molar-refractivity contribution in [1.29, 1.82) is 0 Å². The summed E-state index contributed by atoms with van der Waals surface area (Å²) in [5, 5.41) is 2.72. The lowest BCUT2D eigenvalue weighted by Gasteiger charge is -2.20. The number of likely N-dealkylation sites (N-methyl/N-ethyl adjacent to an activating group) is 1. The molecular formula is C20H26FN3O4S. The predicted molar refractivity (Wildman–Crippen MR) is 110 cm³/mol. The van der Waals surface area contributed by atoms with E-state index in [-0.39, 0.29) is 23.1 Å². The SMILES string of the molecule is CCN(CC(=O)Nc1ccc(C)c(S(=O)(=O)NC)c1)Cc1ccc(OC)c(F)c1. The summed E-state index contributed by atoms with van der Waals surface area (Å²) in [5.74, 6) is -0.581. The molecule has 7 nitrogen and oxygen atoms in total. The molecule has 0 spiro atoms. The molecule has 0 heterocycles. The van der Waals surface area contributed by atoms with Gasteiger partial charge in [0.25, 0.3) is 0 Å². The summed E-state index contributed by atoms with van der Waals surface area (Å²) in [4.78, 5) is 14.4. The van der Waals surface area contributed by atoms with Crippen LogP contribution in [0, 0.1) is 12.7 Å². The molecule has 1 amide bonds. The van der Waals surface area contributed by atoms with Crippen LogP contribution in [0.4, 0.5) is 10.1 Å². The van der Waals surface area contributed by atoms with E-state index in [1.54, 1.807) is 31.2 Å². The molecule has 0 saturated carbocycles. The van der Waals surface area contributed by atoms with Crippen LogP contribution in [0.15, 0.2) is 41.3 Å². The Labute approximate surface area is 170 Å². The largest absolute Gasteiger partial charge is 0.494 e. The molecule has 9 heteroatoms. The molecule has 0 aliphatic heterocycles. The molecule has 0 bridgehead atoms. The first-order chi connectivity index (χ1) is 13.7. The van der Waals surface area contributed by atoms with Crippen LogP contribution in [-0.4, -0.2) is 46.5 Å². The van der Waals surface area contributed by atoms with Crippen molar-refractivity contribution < 1.29 is 22.3 Å². The standard InChI is InChI=1S/C20H26FN3O4S/c1-5-24(12-15-7-9-18(28-4)17(21)10-15)13-20(25)23-16-8-6-14(2)19(11-16)29(26,27)22-3/h6-11,22H,5,12-13H2,1-4H3,(H,23,25). The van der Waals surface area contributed by atoms with Crippen molar-refractivity contribution in [3.05, 3.63) is 53.3 Å². The number of methoxy groups -OCH3 is 1. The summed E-state index contributed by atoms with van der Waals surface area (Å²) in [6, 6.07) is 9.39. The minimum absolute atomic E-state index is 0.0755. The fraction of sp³-hybridized carbons (Fsp3) is 0.350. The highest BCUT2D eigenvalue weighted by Gasteiger charge is 2.17. The molecule has 0 aromatic heterocycles. The molecule has 0 fully saturated rings. The fourth-order valence-corrected chi connectivity index (χ4v) is 3.82. The third kappa shape index (κ3) is 5.99. The van der Waals surface area contributed by atoms with E-state index in [9.17, 15) is 17.6 Å². The average Bonchev–Trinajstić information content (AvgIpc) is 2.69. The van der Waals surface area contributed by atoms with Gasteiger partial charge in [-0.15, -0.1) is 0 Å². The summed E-state index contributed by atoms with van der Waals surface area (Å²) >= 11 is 0. The van der Waals surface area contributed by atoms with Gasteiger partial charge in [0.2, 0.25) is 15.9 Å². The summed E-state index contributed by atoms with van der Waals surface area (Å²) in [7, 11) is -0.887. The summed E-state index contributed by atoms with van der Waals surface area (Å²) in [5.41, 5.74) is 1.69. The molecular weight excluding hydrogens is 397 g/mol. The number of carbonyl (C=O) groups excluding carboxylic acids is 1. The minimum atomic E-state index is -3.62. The monoisotopic (exact) mass is 423 g/mol. The number of hydrogen-bond donors (Lipinski definition) is 2. The van der Waals surface area contributed by atoms with Gasteiger partial charge in [-0.05, 0) is 55.9 Å². The van der Waals surface area contributed by atoms with Crippen LogP contribution < -0.4 is 14.8 Å². The van der Waals surface area contributed by atoms with Crippen molar-refractivity contribution in [3.63, 3.8) is 0 Å². The first kappa shape index (κ1) is 22.8. The zero-order valence-corrected chi connectivity index (χ0v) is 17.8. The maximum absolute atomic E-state index is 13.9. The second-order valence-electron chi connectivity index (χ2n) is 6.51. The van der Waals surface area contributed by atoms with Crippen molar-refractivity contribution in [3.8, 4) is 5.75 Å². The van der Waals surface area contributed by atoms with E-state index in [1.807, 2.05) is 11.8 Å².